The van der Waals surface area contributed by atoms with E-state index in [2.05, 4.69) is 64.5 Å². The molecular weight excluding hydrogens is 322 g/mol. The van der Waals surface area contributed by atoms with Gasteiger partial charge in [-0.15, -0.1) is 0 Å². The first kappa shape index (κ1) is 18.5. The smallest absolute Gasteiger partial charge is 0.193 e. The number of benzene rings is 1. The quantitative estimate of drug-likeness (QED) is 0.664. The fraction of sp³-hybridized carbons (Fsp3) is 0.524. The van der Waals surface area contributed by atoms with Gasteiger partial charge in [-0.3, -0.25) is 9.67 Å². The molecule has 0 amide bonds. The first-order valence-corrected chi connectivity index (χ1v) is 9.72. The lowest BCUT2D eigenvalue weighted by atomic mass is 9.99. The summed E-state index contributed by atoms with van der Waals surface area (Å²) in [5.74, 6) is 1.59. The van der Waals surface area contributed by atoms with Crippen LogP contribution in [0.1, 0.15) is 48.7 Å². The van der Waals surface area contributed by atoms with E-state index in [1.807, 2.05) is 18.8 Å². The summed E-state index contributed by atoms with van der Waals surface area (Å²) in [5.41, 5.74) is 5.26. The Balaban J connectivity index is 1.66. The Morgan fingerprint density at radius 2 is 2.00 bits per heavy atom. The average molecular weight is 354 g/mol. The lowest BCUT2D eigenvalue weighted by Crippen LogP contribution is -2.39. The molecule has 1 atom stereocenters. The van der Waals surface area contributed by atoms with E-state index in [0.29, 0.717) is 5.92 Å². The van der Waals surface area contributed by atoms with Crippen LogP contribution in [0.15, 0.2) is 35.3 Å². The molecule has 0 radical (unpaired) electrons. The molecule has 1 N–H and O–H groups in total. The zero-order chi connectivity index (χ0) is 18.5. The summed E-state index contributed by atoms with van der Waals surface area (Å²) in [6.45, 7) is 7.23. The fourth-order valence-corrected chi connectivity index (χ4v) is 4.04. The van der Waals surface area contributed by atoms with Crippen LogP contribution in [0.4, 0.5) is 0 Å². The van der Waals surface area contributed by atoms with Crippen LogP contribution in [-0.2, 0) is 26.4 Å². The van der Waals surface area contributed by atoms with Crippen LogP contribution >= 0.6 is 0 Å². The van der Waals surface area contributed by atoms with Crippen LogP contribution in [0.3, 0.4) is 0 Å². The van der Waals surface area contributed by atoms with Gasteiger partial charge in [-0.25, -0.2) is 0 Å². The number of guanidine groups is 1. The molecule has 2 heterocycles. The molecule has 1 aromatic heterocycles. The van der Waals surface area contributed by atoms with Crippen molar-refractivity contribution in [2.45, 2.75) is 45.6 Å². The van der Waals surface area contributed by atoms with Crippen molar-refractivity contribution in [3.63, 3.8) is 0 Å². The molecule has 1 aliphatic rings. The van der Waals surface area contributed by atoms with Gasteiger partial charge in [0.25, 0.3) is 0 Å². The van der Waals surface area contributed by atoms with Gasteiger partial charge in [-0.2, -0.15) is 5.10 Å². The first-order chi connectivity index (χ1) is 12.7. The van der Waals surface area contributed by atoms with Crippen molar-refractivity contribution in [2.24, 2.45) is 12.0 Å². The number of aliphatic imine (C=N–C) groups is 1. The maximum absolute atomic E-state index is 4.68. The third-order valence-corrected chi connectivity index (χ3v) is 5.42. The third kappa shape index (κ3) is 3.76. The van der Waals surface area contributed by atoms with E-state index in [4.69, 9.17) is 0 Å². The Labute approximate surface area is 157 Å². The maximum atomic E-state index is 4.68. The van der Waals surface area contributed by atoms with Crippen molar-refractivity contribution < 1.29 is 0 Å². The lowest BCUT2D eigenvalue weighted by Gasteiger charge is -2.22. The van der Waals surface area contributed by atoms with Crippen LogP contribution in [0.2, 0.25) is 0 Å². The maximum Gasteiger partial charge on any atom is 0.193 e. The summed E-state index contributed by atoms with van der Waals surface area (Å²) in [6, 6.07) is 10.8. The molecule has 0 aliphatic carbocycles. The Hall–Kier alpha value is -2.30. The van der Waals surface area contributed by atoms with E-state index in [0.717, 1.165) is 38.4 Å². The number of hydrogen-bond donors (Lipinski definition) is 1. The zero-order valence-electron chi connectivity index (χ0n) is 16.5. The van der Waals surface area contributed by atoms with Crippen LogP contribution in [-0.4, -0.2) is 40.8 Å². The molecule has 1 aromatic carbocycles. The average Bonchev–Trinajstić information content (AvgIpc) is 3.27. The van der Waals surface area contributed by atoms with Crippen molar-refractivity contribution in [2.75, 3.05) is 20.1 Å². The van der Waals surface area contributed by atoms with Crippen molar-refractivity contribution in [1.29, 1.82) is 0 Å². The minimum atomic E-state index is 0.588. The predicted molar refractivity (Wildman–Crippen MR) is 108 cm³/mol. The number of aryl methyl sites for hydroxylation is 2. The SMILES string of the molecule is CCc1nn(C)c(CC)c1CNC(=NC)N1CCC(c2ccccc2)C1. The normalized spacial score (nSPS) is 17.8. The summed E-state index contributed by atoms with van der Waals surface area (Å²) in [5, 5.41) is 8.26. The Kier molecular flexibility index (Phi) is 5.96. The van der Waals surface area contributed by atoms with Gasteiger partial charge in [-0.05, 0) is 24.8 Å². The van der Waals surface area contributed by atoms with Gasteiger partial charge in [-0.1, -0.05) is 44.2 Å². The molecule has 3 rings (SSSR count). The summed E-state index contributed by atoms with van der Waals surface area (Å²) in [7, 11) is 3.92. The largest absolute Gasteiger partial charge is 0.352 e. The van der Waals surface area contributed by atoms with Crippen molar-refractivity contribution >= 4 is 5.96 Å². The minimum Gasteiger partial charge on any atom is -0.352 e. The molecule has 0 spiro atoms. The monoisotopic (exact) mass is 353 g/mol. The van der Waals surface area contributed by atoms with Crippen molar-refractivity contribution in [1.82, 2.24) is 20.0 Å². The second-order valence-corrected chi connectivity index (χ2v) is 6.95. The highest BCUT2D eigenvalue weighted by Gasteiger charge is 2.26. The van der Waals surface area contributed by atoms with Gasteiger partial charge in [0.2, 0.25) is 0 Å². The molecule has 1 aliphatic heterocycles. The number of nitrogens with zero attached hydrogens (tertiary/aromatic N) is 4. The van der Waals surface area contributed by atoms with Gasteiger partial charge in [0, 0.05) is 50.9 Å². The second kappa shape index (κ2) is 8.39. The molecular formula is C21H31N5. The van der Waals surface area contributed by atoms with Crippen molar-refractivity contribution in [3.8, 4) is 0 Å². The summed E-state index contributed by atoms with van der Waals surface area (Å²) in [6.07, 6.45) is 3.14. The van der Waals surface area contributed by atoms with Gasteiger partial charge < -0.3 is 10.2 Å². The molecule has 5 heteroatoms. The van der Waals surface area contributed by atoms with Crippen molar-refractivity contribution in [3.05, 3.63) is 52.8 Å². The standard InChI is InChI=1S/C21H31N5/c1-5-19-18(20(6-2)25(4)24-19)14-23-21(22-3)26-13-12-17(15-26)16-10-8-7-9-11-16/h7-11,17H,5-6,12-15H2,1-4H3,(H,22,23). The highest BCUT2D eigenvalue weighted by Crippen LogP contribution is 2.27. The van der Waals surface area contributed by atoms with Crippen LogP contribution in [0.5, 0.6) is 0 Å². The second-order valence-electron chi connectivity index (χ2n) is 6.95. The van der Waals surface area contributed by atoms with Gasteiger partial charge >= 0.3 is 0 Å². The van der Waals surface area contributed by atoms with Gasteiger partial charge in [0.05, 0.1) is 5.69 Å². The Bertz CT molecular complexity index is 747. The highest BCUT2D eigenvalue weighted by molar-refractivity contribution is 5.80. The number of hydrogen-bond acceptors (Lipinski definition) is 2. The van der Waals surface area contributed by atoms with Gasteiger partial charge in [0.1, 0.15) is 0 Å². The summed E-state index contributed by atoms with van der Waals surface area (Å²) < 4.78 is 2.03. The molecule has 2 aromatic rings. The summed E-state index contributed by atoms with van der Waals surface area (Å²) in [4.78, 5) is 6.92. The lowest BCUT2D eigenvalue weighted by molar-refractivity contribution is 0.485. The molecule has 5 nitrogen and oxygen atoms in total. The molecule has 1 saturated heterocycles. The molecule has 26 heavy (non-hydrogen) atoms. The van der Waals surface area contributed by atoms with E-state index in [1.54, 1.807) is 0 Å². The molecule has 0 bridgehead atoms. The van der Waals surface area contributed by atoms with E-state index >= 15 is 0 Å². The molecule has 140 valence electrons. The number of nitrogens with one attached hydrogen (secondary N) is 1. The fourth-order valence-electron chi connectivity index (χ4n) is 4.04. The van der Waals surface area contributed by atoms with Gasteiger partial charge in [0.15, 0.2) is 5.96 Å². The van der Waals surface area contributed by atoms with E-state index in [9.17, 15) is 0 Å². The zero-order valence-corrected chi connectivity index (χ0v) is 16.5. The van der Waals surface area contributed by atoms with Crippen LogP contribution in [0.25, 0.3) is 0 Å². The Morgan fingerprint density at radius 1 is 1.23 bits per heavy atom. The topological polar surface area (TPSA) is 45.5 Å². The van der Waals surface area contributed by atoms with E-state index in [1.165, 1.54) is 28.9 Å². The van der Waals surface area contributed by atoms with E-state index in [-0.39, 0.29) is 0 Å². The molecule has 0 saturated carbocycles. The third-order valence-electron chi connectivity index (χ3n) is 5.42. The highest BCUT2D eigenvalue weighted by atomic mass is 15.3. The summed E-state index contributed by atoms with van der Waals surface area (Å²) >= 11 is 0. The molecule has 1 unspecified atom stereocenters. The molecule has 1 fully saturated rings. The van der Waals surface area contributed by atoms with Crippen LogP contribution < -0.4 is 5.32 Å². The van der Waals surface area contributed by atoms with E-state index < -0.39 is 0 Å². The minimum absolute atomic E-state index is 0.588. The number of aromatic nitrogens is 2. The Morgan fingerprint density at radius 3 is 2.65 bits per heavy atom. The van der Waals surface area contributed by atoms with Crippen LogP contribution in [0, 0.1) is 0 Å². The predicted octanol–water partition coefficient (Wildman–Crippen LogP) is 3.11. The number of likely N-dealkylation sites (tertiary alicyclic amines) is 1. The first-order valence-electron chi connectivity index (χ1n) is 9.72. The number of rotatable bonds is 5.